The molecule has 6 rings (SSSR count). The first kappa shape index (κ1) is 17.5. The van der Waals surface area contributed by atoms with Gasteiger partial charge in [0, 0.05) is 22.1 Å². The number of nitrogens with zero attached hydrogens (tertiary/aromatic N) is 1. The maximum Gasteiger partial charge on any atom is 0.271 e. The van der Waals surface area contributed by atoms with Crippen LogP contribution >= 0.6 is 22.9 Å². The second-order valence-corrected chi connectivity index (χ2v) is 9.66. The summed E-state index contributed by atoms with van der Waals surface area (Å²) in [5.74, 6) is 1.32. The normalized spacial score (nSPS) is 33.9. The SMILES string of the molecule is O=C(NC1C2CC3CC1CC(O)(C3)C2)c1csc(Nc2ccc(Cl)cc2)n1. The lowest BCUT2D eigenvalue weighted by molar-refractivity contribution is -0.136. The van der Waals surface area contributed by atoms with Crippen molar-refractivity contribution in [1.29, 1.82) is 0 Å². The van der Waals surface area contributed by atoms with E-state index in [0.717, 1.165) is 37.8 Å². The lowest BCUT2D eigenvalue weighted by Crippen LogP contribution is -2.61. The molecule has 7 heteroatoms. The average molecular weight is 404 g/mol. The van der Waals surface area contributed by atoms with Crippen LogP contribution in [-0.4, -0.2) is 27.6 Å². The lowest BCUT2D eigenvalue weighted by atomic mass is 9.52. The molecule has 4 saturated carbocycles. The van der Waals surface area contributed by atoms with Crippen LogP contribution in [0.5, 0.6) is 0 Å². The largest absolute Gasteiger partial charge is 0.390 e. The van der Waals surface area contributed by atoms with Crippen LogP contribution in [0.1, 0.15) is 42.6 Å². The minimum Gasteiger partial charge on any atom is -0.390 e. The fraction of sp³-hybridized carbons (Fsp3) is 0.500. The van der Waals surface area contributed by atoms with E-state index >= 15 is 0 Å². The van der Waals surface area contributed by atoms with Gasteiger partial charge in [-0.15, -0.1) is 11.3 Å². The van der Waals surface area contributed by atoms with Crippen LogP contribution in [0.3, 0.4) is 0 Å². The summed E-state index contributed by atoms with van der Waals surface area (Å²) in [6.07, 6.45) is 4.86. The summed E-state index contributed by atoms with van der Waals surface area (Å²) >= 11 is 7.32. The van der Waals surface area contributed by atoms with Crippen molar-refractivity contribution in [3.05, 3.63) is 40.4 Å². The van der Waals surface area contributed by atoms with Gasteiger partial charge in [0.05, 0.1) is 5.60 Å². The van der Waals surface area contributed by atoms with Crippen LogP contribution in [0, 0.1) is 17.8 Å². The molecule has 1 aromatic heterocycles. The first-order valence-electron chi connectivity index (χ1n) is 9.49. The molecule has 0 aliphatic heterocycles. The number of hydrogen-bond donors (Lipinski definition) is 3. The van der Waals surface area contributed by atoms with E-state index in [0.29, 0.717) is 33.6 Å². The van der Waals surface area contributed by atoms with Crippen molar-refractivity contribution >= 4 is 39.7 Å². The summed E-state index contributed by atoms with van der Waals surface area (Å²) in [6.45, 7) is 0. The Morgan fingerprint density at radius 3 is 2.56 bits per heavy atom. The van der Waals surface area contributed by atoms with Crippen molar-refractivity contribution in [1.82, 2.24) is 10.3 Å². The number of amides is 1. The third-order valence-electron chi connectivity index (χ3n) is 6.37. The molecule has 4 aliphatic carbocycles. The Morgan fingerprint density at radius 1 is 1.19 bits per heavy atom. The van der Waals surface area contributed by atoms with Gasteiger partial charge >= 0.3 is 0 Å². The van der Waals surface area contributed by atoms with Crippen molar-refractivity contribution in [2.75, 3.05) is 5.32 Å². The van der Waals surface area contributed by atoms with Crippen molar-refractivity contribution in [3.8, 4) is 0 Å². The van der Waals surface area contributed by atoms with E-state index < -0.39 is 5.60 Å². The van der Waals surface area contributed by atoms with Gasteiger partial charge in [-0.3, -0.25) is 4.79 Å². The molecule has 2 aromatic rings. The molecule has 1 amide bonds. The Kier molecular flexibility index (Phi) is 4.18. The van der Waals surface area contributed by atoms with Gasteiger partial charge in [0.15, 0.2) is 5.13 Å². The first-order valence-corrected chi connectivity index (χ1v) is 10.7. The Morgan fingerprint density at radius 2 is 1.89 bits per heavy atom. The van der Waals surface area contributed by atoms with E-state index in [1.807, 2.05) is 24.3 Å². The number of carbonyl (C=O) groups excluding carboxylic acids is 1. The van der Waals surface area contributed by atoms with Crippen molar-refractivity contribution in [2.45, 2.75) is 43.7 Å². The highest BCUT2D eigenvalue weighted by Gasteiger charge is 2.55. The number of rotatable bonds is 4. The van der Waals surface area contributed by atoms with Gasteiger partial charge < -0.3 is 15.7 Å². The number of hydrogen-bond acceptors (Lipinski definition) is 5. The molecule has 0 spiro atoms. The molecule has 3 N–H and O–H groups in total. The van der Waals surface area contributed by atoms with Gasteiger partial charge in [0.25, 0.3) is 5.91 Å². The second-order valence-electron chi connectivity index (χ2n) is 8.36. The standard InChI is InChI=1S/C20H22ClN3O2S/c21-14-1-3-15(4-2-14)22-19-23-16(10-27-19)18(25)24-17-12-5-11-6-13(17)9-20(26,7-11)8-12/h1-4,10-13,17,26H,5-9H2,(H,22,23)(H,24,25). The summed E-state index contributed by atoms with van der Waals surface area (Å²) in [4.78, 5) is 17.2. The number of aromatic nitrogens is 1. The van der Waals surface area contributed by atoms with Crippen LogP contribution in [0.2, 0.25) is 5.02 Å². The zero-order chi connectivity index (χ0) is 18.6. The molecular weight excluding hydrogens is 382 g/mol. The molecule has 5 nitrogen and oxygen atoms in total. The highest BCUT2D eigenvalue weighted by molar-refractivity contribution is 7.14. The van der Waals surface area contributed by atoms with E-state index in [1.54, 1.807) is 5.38 Å². The predicted molar refractivity (Wildman–Crippen MR) is 107 cm³/mol. The molecule has 1 aromatic carbocycles. The van der Waals surface area contributed by atoms with Crippen LogP contribution in [0.4, 0.5) is 10.8 Å². The summed E-state index contributed by atoms with van der Waals surface area (Å²) in [7, 11) is 0. The molecular formula is C20H22ClN3O2S. The smallest absolute Gasteiger partial charge is 0.271 e. The van der Waals surface area contributed by atoms with Crippen molar-refractivity contribution in [3.63, 3.8) is 0 Å². The van der Waals surface area contributed by atoms with Crippen LogP contribution in [-0.2, 0) is 0 Å². The van der Waals surface area contributed by atoms with Crippen LogP contribution in [0.25, 0.3) is 0 Å². The minimum atomic E-state index is -0.478. The number of aliphatic hydroxyl groups is 1. The summed E-state index contributed by atoms with van der Waals surface area (Å²) in [5.41, 5.74) is 0.854. The van der Waals surface area contributed by atoms with Gasteiger partial charge in [-0.05, 0) is 74.1 Å². The molecule has 4 aliphatic rings. The van der Waals surface area contributed by atoms with Gasteiger partial charge in [-0.25, -0.2) is 4.98 Å². The maximum atomic E-state index is 12.8. The highest BCUT2D eigenvalue weighted by Crippen LogP contribution is 2.55. The van der Waals surface area contributed by atoms with Crippen molar-refractivity contribution < 1.29 is 9.90 Å². The molecule has 27 heavy (non-hydrogen) atoms. The van der Waals surface area contributed by atoms with Gasteiger partial charge in [0.1, 0.15) is 5.69 Å². The lowest BCUT2D eigenvalue weighted by Gasteiger charge is -2.58. The Labute approximate surface area is 167 Å². The Hall–Kier alpha value is -1.63. The third kappa shape index (κ3) is 3.35. The zero-order valence-electron chi connectivity index (χ0n) is 14.8. The van der Waals surface area contributed by atoms with Gasteiger partial charge in [-0.1, -0.05) is 11.6 Å². The van der Waals surface area contributed by atoms with Crippen LogP contribution in [0.15, 0.2) is 29.6 Å². The quantitative estimate of drug-likeness (QED) is 0.714. The summed E-state index contributed by atoms with van der Waals surface area (Å²) in [6, 6.07) is 7.55. The molecule has 0 saturated heterocycles. The average Bonchev–Trinajstić information content (AvgIpc) is 3.07. The topological polar surface area (TPSA) is 74.2 Å². The van der Waals surface area contributed by atoms with E-state index in [-0.39, 0.29) is 11.9 Å². The second kappa shape index (κ2) is 6.47. The number of thiazole rings is 1. The molecule has 2 atom stereocenters. The van der Waals surface area contributed by atoms with Crippen LogP contribution < -0.4 is 10.6 Å². The number of benzene rings is 1. The molecule has 4 fully saturated rings. The Bertz CT molecular complexity index is 852. The monoisotopic (exact) mass is 403 g/mol. The predicted octanol–water partition coefficient (Wildman–Crippen LogP) is 4.21. The number of carbonyl (C=O) groups is 1. The minimum absolute atomic E-state index is 0.111. The molecule has 142 valence electrons. The fourth-order valence-electron chi connectivity index (χ4n) is 5.53. The highest BCUT2D eigenvalue weighted by atomic mass is 35.5. The maximum absolute atomic E-state index is 12.8. The van der Waals surface area contributed by atoms with Gasteiger partial charge in [0.2, 0.25) is 0 Å². The van der Waals surface area contributed by atoms with Crippen molar-refractivity contribution in [2.24, 2.45) is 17.8 Å². The fourth-order valence-corrected chi connectivity index (χ4v) is 6.37. The van der Waals surface area contributed by atoms with Gasteiger partial charge in [-0.2, -0.15) is 0 Å². The summed E-state index contributed by atoms with van der Waals surface area (Å²) < 4.78 is 0. The number of halogens is 1. The van der Waals surface area contributed by atoms with E-state index in [2.05, 4.69) is 15.6 Å². The summed E-state index contributed by atoms with van der Waals surface area (Å²) in [5, 5.41) is 20.3. The molecule has 2 unspecified atom stereocenters. The Balaban J connectivity index is 1.26. The first-order chi connectivity index (χ1) is 13.0. The zero-order valence-corrected chi connectivity index (χ0v) is 16.4. The number of nitrogens with one attached hydrogen (secondary N) is 2. The number of anilines is 2. The van der Waals surface area contributed by atoms with E-state index in [9.17, 15) is 9.90 Å². The third-order valence-corrected chi connectivity index (χ3v) is 7.38. The molecule has 4 bridgehead atoms. The van der Waals surface area contributed by atoms with E-state index in [4.69, 9.17) is 11.6 Å². The van der Waals surface area contributed by atoms with E-state index in [1.165, 1.54) is 11.3 Å². The molecule has 1 heterocycles. The molecule has 0 radical (unpaired) electrons.